The summed E-state index contributed by atoms with van der Waals surface area (Å²) in [6.07, 6.45) is 14.3. The van der Waals surface area contributed by atoms with E-state index in [2.05, 4.69) is 17.6 Å². The maximum absolute atomic E-state index is 11.8. The van der Waals surface area contributed by atoms with Crippen molar-refractivity contribution in [2.24, 2.45) is 0 Å². The topological polar surface area (TPSA) is 72.2 Å². The lowest BCUT2D eigenvalue weighted by atomic mass is 9.60. The van der Waals surface area contributed by atoms with Gasteiger partial charge in [0.25, 0.3) is 5.91 Å². The van der Waals surface area contributed by atoms with Crippen molar-refractivity contribution in [1.29, 1.82) is 0 Å². The molecule has 24 heavy (non-hydrogen) atoms. The fourth-order valence-electron chi connectivity index (χ4n) is 3.68. The highest BCUT2D eigenvalue weighted by molar-refractivity contribution is 6.52. The van der Waals surface area contributed by atoms with Gasteiger partial charge < -0.3 is 4.42 Å². The zero-order chi connectivity index (χ0) is 16.8. The van der Waals surface area contributed by atoms with Gasteiger partial charge in [-0.15, -0.1) is 0 Å². The fraction of sp³-hybridized carbons (Fsp3) is 0.722. The molecule has 1 radical (unpaired) electrons. The molecular weight excluding hydrogens is 303 g/mol. The number of oxazole rings is 1. The molecule has 2 amide bonds. The molecule has 0 spiro atoms. The van der Waals surface area contributed by atoms with E-state index in [4.69, 9.17) is 4.42 Å². The van der Waals surface area contributed by atoms with Gasteiger partial charge in [0.1, 0.15) is 11.5 Å². The second-order valence-corrected chi connectivity index (χ2v) is 7.07. The maximum atomic E-state index is 11.8. The Hall–Kier alpha value is -1.59. The van der Waals surface area contributed by atoms with Crippen molar-refractivity contribution in [3.63, 3.8) is 0 Å². The average Bonchev–Trinajstić information content (AvgIpc) is 2.93. The molecule has 1 aliphatic heterocycles. The first-order valence-corrected chi connectivity index (χ1v) is 9.41. The smallest absolute Gasteiger partial charge is 0.295 e. The summed E-state index contributed by atoms with van der Waals surface area (Å²) in [6, 6.07) is 0. The van der Waals surface area contributed by atoms with Crippen LogP contribution in [0, 0.1) is 0 Å². The summed E-state index contributed by atoms with van der Waals surface area (Å²) in [5.74, 6) is 0.379. The lowest BCUT2D eigenvalue weighted by Crippen LogP contribution is -2.36. The summed E-state index contributed by atoms with van der Waals surface area (Å²) in [5.41, 5.74) is 0.475. The van der Waals surface area contributed by atoms with Crippen LogP contribution in [0.2, 0.25) is 5.82 Å². The van der Waals surface area contributed by atoms with Crippen LogP contribution in [0.3, 0.4) is 0 Å². The molecule has 5 nitrogen and oxygen atoms in total. The van der Waals surface area contributed by atoms with E-state index >= 15 is 0 Å². The van der Waals surface area contributed by atoms with Crippen LogP contribution < -0.4 is 11.1 Å². The number of aromatic nitrogens is 1. The van der Waals surface area contributed by atoms with Gasteiger partial charge >= 0.3 is 0 Å². The molecule has 2 heterocycles. The maximum Gasteiger partial charge on any atom is 0.295 e. The molecule has 2 aliphatic rings. The Morgan fingerprint density at radius 3 is 2.12 bits per heavy atom. The van der Waals surface area contributed by atoms with E-state index in [1.165, 1.54) is 57.8 Å². The number of nitrogens with one attached hydrogen (secondary N) is 1. The Morgan fingerprint density at radius 2 is 1.50 bits per heavy atom. The Bertz CT molecular complexity index is 573. The van der Waals surface area contributed by atoms with Crippen LogP contribution in [0.15, 0.2) is 4.42 Å². The minimum absolute atomic E-state index is 0.128. The van der Waals surface area contributed by atoms with Gasteiger partial charge in [-0.3, -0.25) is 14.9 Å². The molecular formula is C18H26BN2O3. The van der Waals surface area contributed by atoms with Gasteiger partial charge in [-0.25, -0.2) is 4.98 Å². The van der Waals surface area contributed by atoms with Gasteiger partial charge in [0.15, 0.2) is 0 Å². The first-order valence-electron chi connectivity index (χ1n) is 9.41. The van der Waals surface area contributed by atoms with Crippen molar-refractivity contribution >= 4 is 24.9 Å². The SMILES string of the molecule is O=C1Cc2nc([B]C3CCCCCCCCCCC3)oc2C(=O)N1. The minimum atomic E-state index is -0.466. The summed E-state index contributed by atoms with van der Waals surface area (Å²) in [7, 11) is 2.07. The molecule has 1 aliphatic carbocycles. The Labute approximate surface area is 144 Å². The lowest BCUT2D eigenvalue weighted by Gasteiger charge is -2.15. The number of rotatable bonds is 2. The van der Waals surface area contributed by atoms with E-state index in [9.17, 15) is 9.59 Å². The number of imide groups is 1. The molecule has 0 aromatic carbocycles. The zero-order valence-electron chi connectivity index (χ0n) is 14.3. The Balaban J connectivity index is 1.61. The van der Waals surface area contributed by atoms with E-state index in [0.717, 1.165) is 12.8 Å². The van der Waals surface area contributed by atoms with E-state index in [-0.39, 0.29) is 18.1 Å². The lowest BCUT2D eigenvalue weighted by molar-refractivity contribution is -0.119. The standard InChI is InChI=1S/C18H26BN2O3/c22-15-12-14-16(17(23)21-15)24-18(20-14)19-13-10-8-6-4-2-1-3-5-7-9-11-13/h13H,1-12H2,(H,21,22,23). The van der Waals surface area contributed by atoms with Crippen molar-refractivity contribution in [3.05, 3.63) is 11.5 Å². The van der Waals surface area contributed by atoms with Crippen LogP contribution in [0.5, 0.6) is 0 Å². The highest BCUT2D eigenvalue weighted by Gasteiger charge is 2.29. The first kappa shape index (κ1) is 17.2. The summed E-state index contributed by atoms with van der Waals surface area (Å²) in [6.45, 7) is 0. The molecule has 1 N–H and O–H groups in total. The van der Waals surface area contributed by atoms with Crippen LogP contribution in [0.4, 0.5) is 0 Å². The highest BCUT2D eigenvalue weighted by Crippen LogP contribution is 2.24. The Morgan fingerprint density at radius 1 is 0.917 bits per heavy atom. The van der Waals surface area contributed by atoms with E-state index in [1.54, 1.807) is 0 Å². The molecule has 0 saturated heterocycles. The van der Waals surface area contributed by atoms with Gasteiger partial charge in [0, 0.05) is 0 Å². The third-order valence-electron chi connectivity index (χ3n) is 5.03. The number of nitrogens with zero attached hydrogens (tertiary/aromatic N) is 1. The van der Waals surface area contributed by atoms with Gasteiger partial charge in [-0.05, 0) is 0 Å². The second-order valence-electron chi connectivity index (χ2n) is 7.07. The average molecular weight is 329 g/mol. The molecule has 6 heteroatoms. The van der Waals surface area contributed by atoms with Gasteiger partial charge in [-0.1, -0.05) is 76.4 Å². The number of amides is 2. The van der Waals surface area contributed by atoms with Crippen molar-refractivity contribution in [1.82, 2.24) is 10.3 Å². The monoisotopic (exact) mass is 329 g/mol. The van der Waals surface area contributed by atoms with Crippen LogP contribution in [-0.4, -0.2) is 24.1 Å². The van der Waals surface area contributed by atoms with Gasteiger partial charge in [-0.2, -0.15) is 0 Å². The molecule has 0 unspecified atom stereocenters. The van der Waals surface area contributed by atoms with E-state index in [1.807, 2.05) is 0 Å². The second kappa shape index (κ2) is 8.49. The predicted molar refractivity (Wildman–Crippen MR) is 92.6 cm³/mol. The highest BCUT2D eigenvalue weighted by atomic mass is 16.4. The molecule has 129 valence electrons. The van der Waals surface area contributed by atoms with Crippen LogP contribution in [0.25, 0.3) is 0 Å². The molecule has 0 bridgehead atoms. The molecule has 1 aromatic heterocycles. The van der Waals surface area contributed by atoms with E-state index < -0.39 is 5.91 Å². The van der Waals surface area contributed by atoms with Crippen molar-refractivity contribution < 1.29 is 14.0 Å². The number of carbonyl (C=O) groups excluding carboxylic acids is 2. The zero-order valence-corrected chi connectivity index (χ0v) is 14.3. The van der Waals surface area contributed by atoms with Crippen molar-refractivity contribution in [3.8, 4) is 0 Å². The molecule has 3 rings (SSSR count). The number of carbonyl (C=O) groups is 2. The summed E-state index contributed by atoms with van der Waals surface area (Å²) < 4.78 is 5.61. The predicted octanol–water partition coefficient (Wildman–Crippen LogP) is 2.91. The molecule has 1 fully saturated rings. The third-order valence-corrected chi connectivity index (χ3v) is 5.03. The minimum Gasteiger partial charge on any atom is -0.446 e. The van der Waals surface area contributed by atoms with Crippen LogP contribution in [-0.2, 0) is 11.2 Å². The molecule has 1 aromatic rings. The third kappa shape index (κ3) is 4.71. The largest absolute Gasteiger partial charge is 0.446 e. The number of hydrogen-bond donors (Lipinski definition) is 1. The van der Waals surface area contributed by atoms with Crippen molar-refractivity contribution in [2.45, 2.75) is 82.9 Å². The number of hydrogen-bond acceptors (Lipinski definition) is 4. The van der Waals surface area contributed by atoms with Gasteiger partial charge in [0.05, 0.1) is 6.42 Å². The van der Waals surface area contributed by atoms with Gasteiger partial charge in [0.2, 0.25) is 18.9 Å². The summed E-state index contributed by atoms with van der Waals surface area (Å²) >= 11 is 0. The van der Waals surface area contributed by atoms with Crippen LogP contribution in [0.1, 0.15) is 86.9 Å². The number of fused-ring (bicyclic) bond motifs is 1. The van der Waals surface area contributed by atoms with Crippen molar-refractivity contribution in [2.75, 3.05) is 0 Å². The molecule has 0 atom stereocenters. The molecule has 1 saturated carbocycles. The quantitative estimate of drug-likeness (QED) is 0.669. The fourth-order valence-corrected chi connectivity index (χ4v) is 3.68. The normalized spacial score (nSPS) is 21.3. The summed E-state index contributed by atoms with van der Waals surface area (Å²) in [4.78, 5) is 27.6. The first-order chi connectivity index (χ1) is 11.7. The van der Waals surface area contributed by atoms with E-state index in [0.29, 0.717) is 17.3 Å². The summed E-state index contributed by atoms with van der Waals surface area (Å²) in [5, 5.41) is 2.27. The van der Waals surface area contributed by atoms with Crippen LogP contribution >= 0.6 is 0 Å². The Kier molecular flexibility index (Phi) is 6.10.